The Bertz CT molecular complexity index is 490. The van der Waals surface area contributed by atoms with Crippen LogP contribution in [0.25, 0.3) is 0 Å². The molecule has 0 amide bonds. The second-order valence-electron chi connectivity index (χ2n) is 6.67. The third-order valence-electron chi connectivity index (χ3n) is 5.63. The zero-order chi connectivity index (χ0) is 12.9. The van der Waals surface area contributed by atoms with Crippen molar-refractivity contribution in [2.24, 2.45) is 5.92 Å². The van der Waals surface area contributed by atoms with Crippen LogP contribution in [-0.4, -0.2) is 15.6 Å². The molecule has 1 aromatic carbocycles. The van der Waals surface area contributed by atoms with E-state index in [-0.39, 0.29) is 0 Å². The van der Waals surface area contributed by atoms with E-state index in [1.165, 1.54) is 56.3 Å². The molecule has 0 bridgehead atoms. The van der Waals surface area contributed by atoms with Gasteiger partial charge in [-0.1, -0.05) is 6.07 Å². The van der Waals surface area contributed by atoms with E-state index in [4.69, 9.17) is 0 Å². The maximum absolute atomic E-state index is 9.69. The number of benzene rings is 1. The molecule has 1 N–H and O–H groups in total. The first-order valence-electron chi connectivity index (χ1n) is 7.72. The minimum Gasteiger partial charge on any atom is -0.508 e. The number of aromatic hydroxyl groups is 1. The van der Waals surface area contributed by atoms with Crippen molar-refractivity contribution >= 4 is 11.8 Å². The van der Waals surface area contributed by atoms with Crippen LogP contribution in [0.1, 0.15) is 55.6 Å². The van der Waals surface area contributed by atoms with E-state index in [0.29, 0.717) is 10.5 Å². The lowest BCUT2D eigenvalue weighted by atomic mass is 9.64. The van der Waals surface area contributed by atoms with Gasteiger partial charge in [-0.15, -0.1) is 0 Å². The van der Waals surface area contributed by atoms with Crippen LogP contribution in [0.5, 0.6) is 5.75 Å². The molecule has 19 heavy (non-hydrogen) atoms. The zero-order valence-electron chi connectivity index (χ0n) is 11.4. The maximum atomic E-state index is 9.69. The van der Waals surface area contributed by atoms with Crippen LogP contribution in [0.3, 0.4) is 0 Å². The highest BCUT2D eigenvalue weighted by atomic mass is 32.2. The molecule has 102 valence electrons. The fourth-order valence-electron chi connectivity index (χ4n) is 4.65. The Labute approximate surface area is 119 Å². The first-order chi connectivity index (χ1) is 9.26. The molecule has 4 rings (SSSR count). The fraction of sp³-hybridized carbons (Fsp3) is 0.647. The van der Waals surface area contributed by atoms with E-state index >= 15 is 0 Å². The molecule has 1 heterocycles. The lowest BCUT2D eigenvalue weighted by Gasteiger charge is -2.45. The van der Waals surface area contributed by atoms with Gasteiger partial charge in [-0.05, 0) is 85.8 Å². The third kappa shape index (κ3) is 1.99. The van der Waals surface area contributed by atoms with Gasteiger partial charge in [0.15, 0.2) is 0 Å². The predicted molar refractivity (Wildman–Crippen MR) is 80.9 cm³/mol. The molecule has 3 atom stereocenters. The van der Waals surface area contributed by atoms with E-state index in [1.54, 1.807) is 5.56 Å². The van der Waals surface area contributed by atoms with Crippen molar-refractivity contribution in [3.63, 3.8) is 0 Å². The summed E-state index contributed by atoms with van der Waals surface area (Å²) in [6.07, 6.45) is 9.63. The Hall–Kier alpha value is -0.630. The van der Waals surface area contributed by atoms with Gasteiger partial charge in [0.25, 0.3) is 0 Å². The third-order valence-corrected chi connectivity index (χ3v) is 7.31. The first kappa shape index (κ1) is 12.1. The number of rotatable bonds is 0. The van der Waals surface area contributed by atoms with Gasteiger partial charge in [-0.2, -0.15) is 11.8 Å². The molecule has 1 aliphatic heterocycles. The van der Waals surface area contributed by atoms with E-state index < -0.39 is 0 Å². The maximum Gasteiger partial charge on any atom is 0.115 e. The van der Waals surface area contributed by atoms with Crippen LogP contribution in [0.15, 0.2) is 18.2 Å². The van der Waals surface area contributed by atoms with Crippen molar-refractivity contribution in [1.29, 1.82) is 0 Å². The second kappa shape index (κ2) is 4.44. The van der Waals surface area contributed by atoms with Crippen molar-refractivity contribution in [3.05, 3.63) is 29.3 Å². The molecule has 2 fully saturated rings. The molecule has 1 saturated heterocycles. The van der Waals surface area contributed by atoms with Crippen LogP contribution in [-0.2, 0) is 6.42 Å². The van der Waals surface area contributed by atoms with E-state index in [2.05, 4.69) is 17.8 Å². The molecule has 2 aliphatic carbocycles. The highest BCUT2D eigenvalue weighted by Gasteiger charge is 2.44. The number of phenols is 1. The molecule has 3 aliphatic rings. The van der Waals surface area contributed by atoms with Gasteiger partial charge in [0.1, 0.15) is 5.75 Å². The largest absolute Gasteiger partial charge is 0.508 e. The van der Waals surface area contributed by atoms with Crippen molar-refractivity contribution < 1.29 is 5.11 Å². The van der Waals surface area contributed by atoms with Crippen molar-refractivity contribution in [2.45, 2.75) is 55.6 Å². The lowest BCUT2D eigenvalue weighted by molar-refractivity contribution is 0.232. The van der Waals surface area contributed by atoms with Crippen LogP contribution >= 0.6 is 11.8 Å². The summed E-state index contributed by atoms with van der Waals surface area (Å²) in [6.45, 7) is 0. The second-order valence-corrected chi connectivity index (χ2v) is 8.23. The van der Waals surface area contributed by atoms with Crippen LogP contribution in [0, 0.1) is 5.92 Å². The van der Waals surface area contributed by atoms with Crippen molar-refractivity contribution in [3.8, 4) is 5.75 Å². The summed E-state index contributed by atoms with van der Waals surface area (Å²) in [5.41, 5.74) is 2.97. The van der Waals surface area contributed by atoms with E-state index in [0.717, 1.165) is 11.8 Å². The summed E-state index contributed by atoms with van der Waals surface area (Å²) in [5.74, 6) is 3.49. The van der Waals surface area contributed by atoms with Gasteiger partial charge in [0.2, 0.25) is 0 Å². The molecule has 0 radical (unpaired) electrons. The SMILES string of the molecule is Oc1ccc2c(c1)CCC1CCC3(CCCS3)CC21. The van der Waals surface area contributed by atoms with Crippen LogP contribution < -0.4 is 0 Å². The van der Waals surface area contributed by atoms with Gasteiger partial charge in [0.05, 0.1) is 0 Å². The standard InChI is InChI=1S/C17H22OS/c18-14-4-5-15-13(10-14)3-2-12-6-8-17(11-16(12)15)7-1-9-19-17/h4-5,10,12,16,18H,1-3,6-9,11H2. The number of aryl methyl sites for hydroxylation is 1. The van der Waals surface area contributed by atoms with Crippen LogP contribution in [0.4, 0.5) is 0 Å². The first-order valence-corrected chi connectivity index (χ1v) is 8.70. The molecule has 1 aromatic rings. The van der Waals surface area contributed by atoms with Gasteiger partial charge >= 0.3 is 0 Å². The summed E-state index contributed by atoms with van der Waals surface area (Å²) >= 11 is 2.25. The highest BCUT2D eigenvalue weighted by Crippen LogP contribution is 2.56. The summed E-state index contributed by atoms with van der Waals surface area (Å²) in [7, 11) is 0. The molecular weight excluding hydrogens is 252 g/mol. The van der Waals surface area contributed by atoms with Gasteiger partial charge in [0, 0.05) is 4.75 Å². The minimum absolute atomic E-state index is 0.443. The fourth-order valence-corrected chi connectivity index (χ4v) is 6.22. The number of hydrogen-bond donors (Lipinski definition) is 1. The van der Waals surface area contributed by atoms with Crippen molar-refractivity contribution in [1.82, 2.24) is 0 Å². The lowest BCUT2D eigenvalue weighted by Crippen LogP contribution is -2.36. The van der Waals surface area contributed by atoms with Gasteiger partial charge < -0.3 is 5.11 Å². The summed E-state index contributed by atoms with van der Waals surface area (Å²) < 4.78 is 0.605. The topological polar surface area (TPSA) is 20.2 Å². The minimum atomic E-state index is 0.443. The summed E-state index contributed by atoms with van der Waals surface area (Å²) in [5, 5.41) is 9.69. The quantitative estimate of drug-likeness (QED) is 0.752. The number of fused-ring (bicyclic) bond motifs is 3. The molecule has 1 spiro atoms. The summed E-state index contributed by atoms with van der Waals surface area (Å²) in [6, 6.07) is 6.11. The average Bonchev–Trinajstić information content (AvgIpc) is 2.86. The molecule has 3 unspecified atom stereocenters. The Kier molecular flexibility index (Phi) is 2.84. The molecule has 2 heteroatoms. The zero-order valence-corrected chi connectivity index (χ0v) is 12.2. The number of phenolic OH excluding ortho intramolecular Hbond substituents is 1. The molecular formula is C17H22OS. The van der Waals surface area contributed by atoms with E-state index in [1.807, 2.05) is 12.1 Å². The predicted octanol–water partition coefficient (Wildman–Crippen LogP) is 4.49. The van der Waals surface area contributed by atoms with Gasteiger partial charge in [-0.3, -0.25) is 0 Å². The van der Waals surface area contributed by atoms with Crippen LogP contribution in [0.2, 0.25) is 0 Å². The summed E-state index contributed by atoms with van der Waals surface area (Å²) in [4.78, 5) is 0. The Morgan fingerprint density at radius 1 is 1.21 bits per heavy atom. The molecule has 0 aromatic heterocycles. The molecule has 1 nitrogen and oxygen atoms in total. The Balaban J connectivity index is 1.68. The Morgan fingerprint density at radius 2 is 2.16 bits per heavy atom. The highest BCUT2D eigenvalue weighted by molar-refractivity contribution is 8.00. The molecule has 1 saturated carbocycles. The monoisotopic (exact) mass is 274 g/mol. The van der Waals surface area contributed by atoms with Crippen molar-refractivity contribution in [2.75, 3.05) is 5.75 Å². The number of hydrogen-bond acceptors (Lipinski definition) is 2. The number of thioether (sulfide) groups is 1. The normalized spacial score (nSPS) is 37.1. The van der Waals surface area contributed by atoms with E-state index in [9.17, 15) is 5.11 Å². The average molecular weight is 274 g/mol. The van der Waals surface area contributed by atoms with Gasteiger partial charge in [-0.25, -0.2) is 0 Å². The Morgan fingerprint density at radius 3 is 3.00 bits per heavy atom. The smallest absolute Gasteiger partial charge is 0.115 e.